The Balaban J connectivity index is 0.925. The van der Waals surface area contributed by atoms with Gasteiger partial charge in [-0.2, -0.15) is 0 Å². The third kappa shape index (κ3) is 8.20. The van der Waals surface area contributed by atoms with Crippen molar-refractivity contribution in [1.29, 1.82) is 0 Å². The second-order valence-corrected chi connectivity index (χ2v) is 15.8. The fraction of sp³-hybridized carbons (Fsp3) is 0.333. The lowest BCUT2D eigenvalue weighted by Gasteiger charge is -2.29. The van der Waals surface area contributed by atoms with Gasteiger partial charge >= 0.3 is 12.2 Å². The molecule has 0 radical (unpaired) electrons. The largest absolute Gasteiger partial charge is 0.465 e. The summed E-state index contributed by atoms with van der Waals surface area (Å²) in [6.45, 7) is 4.76. The maximum absolute atomic E-state index is 14.1. The Labute approximate surface area is 347 Å². The average Bonchev–Trinajstić information content (AvgIpc) is 4.12. The van der Waals surface area contributed by atoms with Gasteiger partial charge in [0.1, 0.15) is 23.7 Å². The number of carbonyl (C=O) groups excluding carboxylic acids is 3. The molecule has 0 aliphatic carbocycles. The zero-order valence-corrected chi connectivity index (χ0v) is 33.8. The Kier molecular flexibility index (Phi) is 11.4. The number of carbonyl (C=O) groups is 4. The van der Waals surface area contributed by atoms with Crippen LogP contribution in [-0.2, 0) is 20.7 Å². The average molecular weight is 812 g/mol. The lowest BCUT2D eigenvalue weighted by atomic mass is 10.0. The van der Waals surface area contributed by atoms with Crippen LogP contribution in [-0.4, -0.2) is 96.1 Å². The summed E-state index contributed by atoms with van der Waals surface area (Å²) in [6, 6.07) is 22.1. The SMILES string of the molecule is COC(=O)N[C@@H](Cc1c[nH]c2ccccc12)C(=O)N1CCCC1c1ncc(-c2ccc(-c3ccc(-c4cnc([C@@H]5CCCN5C(=O)[C@@H](NC(=O)O)C(C)C)[nH]4)cc3)cc2)[nH]1. The zero-order valence-electron chi connectivity index (χ0n) is 33.8. The van der Waals surface area contributed by atoms with Crippen LogP contribution in [0.5, 0.6) is 0 Å². The van der Waals surface area contributed by atoms with E-state index in [1.807, 2.05) is 73.5 Å². The molecule has 2 saturated heterocycles. The van der Waals surface area contributed by atoms with Crippen LogP contribution in [0.25, 0.3) is 44.5 Å². The highest BCUT2D eigenvalue weighted by Gasteiger charge is 2.38. The minimum atomic E-state index is -1.22. The number of aromatic amines is 3. The van der Waals surface area contributed by atoms with Crippen LogP contribution in [0.15, 0.2) is 91.4 Å². The van der Waals surface area contributed by atoms with Gasteiger partial charge in [0, 0.05) is 36.6 Å². The number of hydrogen-bond acceptors (Lipinski definition) is 7. The molecule has 0 spiro atoms. The molecule has 8 rings (SSSR count). The number of fused-ring (bicyclic) bond motifs is 1. The summed E-state index contributed by atoms with van der Waals surface area (Å²) in [4.78, 5) is 74.3. The molecule has 2 aliphatic rings. The normalized spacial score (nSPS) is 17.5. The van der Waals surface area contributed by atoms with E-state index in [1.165, 1.54) is 7.11 Å². The number of ether oxygens (including phenoxy) is 1. The smallest absolute Gasteiger partial charge is 0.407 e. The number of para-hydroxylation sites is 1. The highest BCUT2D eigenvalue weighted by Crippen LogP contribution is 2.35. The van der Waals surface area contributed by atoms with Crippen molar-refractivity contribution in [3.05, 3.63) is 109 Å². The summed E-state index contributed by atoms with van der Waals surface area (Å²) in [6.07, 6.45) is 7.00. The molecule has 6 N–H and O–H groups in total. The highest BCUT2D eigenvalue weighted by atomic mass is 16.5. The summed E-state index contributed by atoms with van der Waals surface area (Å²) in [7, 11) is 1.29. The number of imidazole rings is 2. The highest BCUT2D eigenvalue weighted by molar-refractivity contribution is 5.89. The van der Waals surface area contributed by atoms with Gasteiger partial charge in [0.25, 0.3) is 0 Å². The van der Waals surface area contributed by atoms with E-state index in [4.69, 9.17) is 9.72 Å². The maximum Gasteiger partial charge on any atom is 0.407 e. The molecule has 2 fully saturated rings. The van der Waals surface area contributed by atoms with Gasteiger partial charge in [0.2, 0.25) is 11.8 Å². The molecule has 4 atom stereocenters. The van der Waals surface area contributed by atoms with E-state index >= 15 is 0 Å². The first-order chi connectivity index (χ1) is 29.1. The molecule has 3 aromatic carbocycles. The summed E-state index contributed by atoms with van der Waals surface area (Å²) in [5.41, 5.74) is 7.55. The molecular weight excluding hydrogens is 763 g/mol. The Hall–Kier alpha value is -6.90. The molecule has 6 aromatic rings. The van der Waals surface area contributed by atoms with Crippen molar-refractivity contribution in [3.8, 4) is 33.6 Å². The fourth-order valence-electron chi connectivity index (χ4n) is 8.57. The summed E-state index contributed by atoms with van der Waals surface area (Å²) < 4.78 is 4.89. The Bertz CT molecular complexity index is 2490. The van der Waals surface area contributed by atoms with E-state index in [-0.39, 0.29) is 29.8 Å². The molecule has 1 unspecified atom stereocenters. The van der Waals surface area contributed by atoms with Gasteiger partial charge in [-0.15, -0.1) is 0 Å². The van der Waals surface area contributed by atoms with Crippen LogP contribution in [0.3, 0.4) is 0 Å². The van der Waals surface area contributed by atoms with Gasteiger partial charge in [-0.3, -0.25) is 9.59 Å². The van der Waals surface area contributed by atoms with E-state index < -0.39 is 24.3 Å². The molecule has 60 heavy (non-hydrogen) atoms. The van der Waals surface area contributed by atoms with Crippen molar-refractivity contribution >= 4 is 34.9 Å². The van der Waals surface area contributed by atoms with E-state index in [0.717, 1.165) is 75.8 Å². The third-order valence-electron chi connectivity index (χ3n) is 11.7. The molecule has 0 bridgehead atoms. The zero-order chi connectivity index (χ0) is 41.9. The Morgan fingerprint density at radius 1 is 0.767 bits per heavy atom. The van der Waals surface area contributed by atoms with Crippen molar-refractivity contribution in [3.63, 3.8) is 0 Å². The summed E-state index contributed by atoms with van der Waals surface area (Å²) in [5, 5.41) is 15.5. The summed E-state index contributed by atoms with van der Waals surface area (Å²) >= 11 is 0. The maximum atomic E-state index is 14.1. The van der Waals surface area contributed by atoms with Gasteiger partial charge < -0.3 is 45.2 Å². The first kappa shape index (κ1) is 39.9. The second kappa shape index (κ2) is 17.1. The first-order valence-electron chi connectivity index (χ1n) is 20.4. The van der Waals surface area contributed by atoms with Crippen LogP contribution in [0.4, 0.5) is 9.59 Å². The van der Waals surface area contributed by atoms with Gasteiger partial charge in [0.05, 0.1) is 43.0 Å². The number of nitrogens with one attached hydrogen (secondary N) is 5. The molecule has 5 heterocycles. The number of likely N-dealkylation sites (tertiary alicyclic amines) is 2. The van der Waals surface area contributed by atoms with Crippen molar-refractivity contribution in [1.82, 2.24) is 45.4 Å². The van der Waals surface area contributed by atoms with E-state index in [2.05, 4.69) is 54.8 Å². The fourth-order valence-corrected chi connectivity index (χ4v) is 8.57. The number of rotatable bonds is 12. The van der Waals surface area contributed by atoms with Crippen LogP contribution < -0.4 is 10.6 Å². The number of carboxylic acid groups (broad SMARTS) is 1. The molecule has 15 heteroatoms. The number of methoxy groups -OCH3 is 1. The van der Waals surface area contributed by atoms with Crippen LogP contribution in [0.2, 0.25) is 0 Å². The van der Waals surface area contributed by atoms with Crippen molar-refractivity contribution in [2.45, 2.75) is 70.1 Å². The van der Waals surface area contributed by atoms with Crippen molar-refractivity contribution < 1.29 is 29.0 Å². The topological polar surface area (TPSA) is 201 Å². The molecule has 310 valence electrons. The lowest BCUT2D eigenvalue weighted by Crippen LogP contribution is -2.50. The molecular formula is C45H49N9O6. The Morgan fingerprint density at radius 3 is 1.83 bits per heavy atom. The van der Waals surface area contributed by atoms with Gasteiger partial charge in [-0.05, 0) is 65.5 Å². The minimum absolute atomic E-state index is 0.186. The van der Waals surface area contributed by atoms with Crippen LogP contribution in [0, 0.1) is 5.92 Å². The molecule has 3 aromatic heterocycles. The number of aromatic nitrogens is 5. The number of hydrogen-bond donors (Lipinski definition) is 6. The number of nitrogens with zero attached hydrogens (tertiary/aromatic N) is 4. The molecule has 4 amide bonds. The van der Waals surface area contributed by atoms with Gasteiger partial charge in [0.15, 0.2) is 0 Å². The number of alkyl carbamates (subject to hydrolysis) is 1. The van der Waals surface area contributed by atoms with E-state index in [0.29, 0.717) is 31.2 Å². The Morgan fingerprint density at radius 2 is 1.30 bits per heavy atom. The second-order valence-electron chi connectivity index (χ2n) is 15.8. The van der Waals surface area contributed by atoms with Crippen molar-refractivity contribution in [2.75, 3.05) is 20.2 Å². The predicted molar refractivity (Wildman–Crippen MR) is 226 cm³/mol. The van der Waals surface area contributed by atoms with E-state index in [9.17, 15) is 24.3 Å². The predicted octanol–water partition coefficient (Wildman–Crippen LogP) is 7.20. The van der Waals surface area contributed by atoms with Crippen LogP contribution in [0.1, 0.15) is 68.8 Å². The third-order valence-corrected chi connectivity index (χ3v) is 11.7. The molecule has 0 saturated carbocycles. The molecule has 15 nitrogen and oxygen atoms in total. The first-order valence-corrected chi connectivity index (χ1v) is 20.4. The monoisotopic (exact) mass is 811 g/mol. The number of amides is 4. The van der Waals surface area contributed by atoms with Gasteiger partial charge in [-0.1, -0.05) is 80.6 Å². The lowest BCUT2D eigenvalue weighted by molar-refractivity contribution is -0.135. The molecule has 2 aliphatic heterocycles. The van der Waals surface area contributed by atoms with Gasteiger partial charge in [-0.25, -0.2) is 19.6 Å². The number of benzene rings is 3. The van der Waals surface area contributed by atoms with E-state index in [1.54, 1.807) is 17.3 Å². The van der Waals surface area contributed by atoms with Crippen LogP contribution >= 0.6 is 0 Å². The summed E-state index contributed by atoms with van der Waals surface area (Å²) in [5.74, 6) is 0.770. The minimum Gasteiger partial charge on any atom is -0.465 e. The number of H-pyrrole nitrogens is 3. The standard InChI is InChI=1S/C45H49N9O6/c1-26(2)39(52-44(57)58)43(56)54-21-7-11-38(54)41-48-25-36(50-41)30-18-14-28(15-19-30)27-12-16-29(17-13-27)35-24-47-40(49-35)37-10-6-20-53(37)42(55)34(51-45(59)60-3)22-31-23-46-33-9-5-4-8-32(31)33/h4-5,8-9,12-19,23-26,34,37-39,46,52H,6-7,10-11,20-22H2,1-3H3,(H,47,49)(H,48,50)(H,51,59)(H,57,58)/t34-,37?,38-,39-/m0/s1. The van der Waals surface area contributed by atoms with Crippen molar-refractivity contribution in [2.24, 2.45) is 5.92 Å². The quantitative estimate of drug-likeness (QED) is 0.0745.